The van der Waals surface area contributed by atoms with Gasteiger partial charge in [0.1, 0.15) is 5.82 Å². The summed E-state index contributed by atoms with van der Waals surface area (Å²) in [6.45, 7) is 2.79. The molecule has 1 aliphatic heterocycles. The fraction of sp³-hybridized carbons (Fsp3) is 0.233. The molecule has 0 radical (unpaired) electrons. The van der Waals surface area contributed by atoms with Crippen molar-refractivity contribution >= 4 is 18.2 Å². The Morgan fingerprint density at radius 1 is 0.886 bits per heavy atom. The maximum absolute atomic E-state index is 13.1. The number of carbonyl (C=O) groups is 1. The molecule has 0 saturated heterocycles. The molecule has 0 aliphatic carbocycles. The molecule has 0 amide bonds. The van der Waals surface area contributed by atoms with Gasteiger partial charge in [0.05, 0.1) is 5.69 Å². The Balaban J connectivity index is 0.00000289. The van der Waals surface area contributed by atoms with Crippen molar-refractivity contribution in [3.05, 3.63) is 114 Å². The van der Waals surface area contributed by atoms with Crippen molar-refractivity contribution in [3.8, 4) is 16.9 Å². The smallest absolute Gasteiger partial charge is 0.162 e. The quantitative estimate of drug-likeness (QED) is 0.259. The summed E-state index contributed by atoms with van der Waals surface area (Å²) in [5.41, 5.74) is 6.98. The molecule has 3 aromatic carbocycles. The number of ketones is 1. The van der Waals surface area contributed by atoms with Crippen LogP contribution in [0.4, 0.5) is 4.39 Å². The minimum atomic E-state index is -0.311. The Morgan fingerprint density at radius 2 is 1.57 bits per heavy atom. The van der Waals surface area contributed by atoms with Crippen LogP contribution in [0.5, 0.6) is 0 Å². The van der Waals surface area contributed by atoms with Crippen molar-refractivity contribution in [1.29, 1.82) is 0 Å². The molecule has 2 heterocycles. The zero-order chi connectivity index (χ0) is 23.3. The van der Waals surface area contributed by atoms with Crippen molar-refractivity contribution in [3.63, 3.8) is 0 Å². The van der Waals surface area contributed by atoms with Gasteiger partial charge < -0.3 is 4.57 Å². The first-order valence-corrected chi connectivity index (χ1v) is 12.0. The first-order valence-electron chi connectivity index (χ1n) is 12.0. The number of benzene rings is 3. The highest BCUT2D eigenvalue weighted by Gasteiger charge is 2.22. The van der Waals surface area contributed by atoms with E-state index in [0.717, 1.165) is 38.9 Å². The number of nitrogens with zero attached hydrogens (tertiary/aromatic N) is 2. The van der Waals surface area contributed by atoms with Crippen LogP contribution in [0.1, 0.15) is 40.9 Å². The second-order valence-electron chi connectivity index (χ2n) is 8.95. The van der Waals surface area contributed by atoms with E-state index in [9.17, 15) is 9.18 Å². The molecule has 0 N–H and O–H groups in total. The minimum absolute atomic E-state index is 0. The highest BCUT2D eigenvalue weighted by molar-refractivity contribution is 5.95. The summed E-state index contributed by atoms with van der Waals surface area (Å²) >= 11 is 0. The molecule has 5 heteroatoms. The normalized spacial score (nSPS) is 13.5. The Bertz CT molecular complexity index is 1250. The predicted molar refractivity (Wildman–Crippen MR) is 142 cm³/mol. The summed E-state index contributed by atoms with van der Waals surface area (Å²) in [4.78, 5) is 14.9. The van der Waals surface area contributed by atoms with E-state index in [-0.39, 0.29) is 24.0 Å². The summed E-state index contributed by atoms with van der Waals surface area (Å²) in [6, 6.07) is 29.4. The lowest BCUT2D eigenvalue weighted by Crippen LogP contribution is -2.24. The zero-order valence-electron chi connectivity index (χ0n) is 19.7. The van der Waals surface area contributed by atoms with Crippen molar-refractivity contribution < 1.29 is 9.18 Å². The van der Waals surface area contributed by atoms with E-state index >= 15 is 0 Å². The zero-order valence-corrected chi connectivity index (χ0v) is 20.5. The van der Waals surface area contributed by atoms with Crippen molar-refractivity contribution in [1.82, 2.24) is 9.47 Å². The number of carbonyl (C=O) groups excluding carboxylic acids is 1. The predicted octanol–water partition coefficient (Wildman–Crippen LogP) is 7.12. The van der Waals surface area contributed by atoms with E-state index < -0.39 is 0 Å². The second-order valence-corrected chi connectivity index (χ2v) is 8.95. The van der Waals surface area contributed by atoms with Gasteiger partial charge in [0.2, 0.25) is 0 Å². The number of Topliss-reactive ketones (excluding diaryl/α,β-unsaturated/α-hetero) is 1. The number of hydrogen-bond donors (Lipinski definition) is 0. The Hall–Kier alpha value is -3.21. The lowest BCUT2D eigenvalue weighted by molar-refractivity contribution is 0.0974. The monoisotopic (exact) mass is 488 g/mol. The summed E-state index contributed by atoms with van der Waals surface area (Å²) in [5.74, 6) is -0.230. The second kappa shape index (κ2) is 11.5. The summed E-state index contributed by atoms with van der Waals surface area (Å²) in [6.07, 6.45) is 3.40. The standard InChI is InChI=1S/C30H29FN2O.ClH/c31-26-17-15-24(16-18-26)30(34)14-8-20-32-19-7-13-28-25(22-32)21-29(23-9-3-1-4-10-23)33(28)27-11-5-2-6-12-27;/h1-6,9-12,15-18,21H,7-8,13-14,19-20,22H2;1H. The van der Waals surface area contributed by atoms with Crippen LogP contribution in [-0.4, -0.2) is 28.3 Å². The molecule has 0 fully saturated rings. The summed E-state index contributed by atoms with van der Waals surface area (Å²) < 4.78 is 15.6. The van der Waals surface area contributed by atoms with Gasteiger partial charge in [0.25, 0.3) is 0 Å². The molecule has 0 atom stereocenters. The van der Waals surface area contributed by atoms with Gasteiger partial charge in [-0.3, -0.25) is 9.69 Å². The molecule has 35 heavy (non-hydrogen) atoms. The van der Waals surface area contributed by atoms with Crippen molar-refractivity contribution in [2.24, 2.45) is 0 Å². The van der Waals surface area contributed by atoms with E-state index in [1.807, 2.05) is 0 Å². The van der Waals surface area contributed by atoms with Gasteiger partial charge in [-0.1, -0.05) is 48.5 Å². The average molecular weight is 489 g/mol. The molecule has 3 nitrogen and oxygen atoms in total. The van der Waals surface area contributed by atoms with Gasteiger partial charge in [0.15, 0.2) is 5.78 Å². The minimum Gasteiger partial charge on any atom is -0.313 e. The summed E-state index contributed by atoms with van der Waals surface area (Å²) in [5, 5.41) is 0. The lowest BCUT2D eigenvalue weighted by atomic mass is 10.1. The average Bonchev–Trinajstić information content (AvgIpc) is 3.11. The van der Waals surface area contributed by atoms with Gasteiger partial charge in [0, 0.05) is 29.9 Å². The fourth-order valence-corrected chi connectivity index (χ4v) is 4.93. The van der Waals surface area contributed by atoms with Crippen LogP contribution in [-0.2, 0) is 13.0 Å². The number of halogens is 2. The molecule has 1 aromatic heterocycles. The number of fused-ring (bicyclic) bond motifs is 1. The van der Waals surface area contributed by atoms with Crippen LogP contribution in [0.2, 0.25) is 0 Å². The Morgan fingerprint density at radius 3 is 2.29 bits per heavy atom. The van der Waals surface area contributed by atoms with Gasteiger partial charge in [-0.05, 0) is 85.9 Å². The molecule has 0 bridgehead atoms. The van der Waals surface area contributed by atoms with Crippen molar-refractivity contribution in [2.45, 2.75) is 32.2 Å². The van der Waals surface area contributed by atoms with E-state index in [1.54, 1.807) is 12.1 Å². The molecule has 4 aromatic rings. The van der Waals surface area contributed by atoms with Crippen LogP contribution < -0.4 is 0 Å². The van der Waals surface area contributed by atoms with E-state index in [1.165, 1.54) is 40.3 Å². The molecule has 0 unspecified atom stereocenters. The Kier molecular flexibility index (Phi) is 8.17. The van der Waals surface area contributed by atoms with Gasteiger partial charge in [-0.15, -0.1) is 12.4 Å². The highest BCUT2D eigenvalue weighted by atomic mass is 35.5. The summed E-state index contributed by atoms with van der Waals surface area (Å²) in [7, 11) is 0. The molecule has 5 rings (SSSR count). The van der Waals surface area contributed by atoms with Crippen LogP contribution in [0.25, 0.3) is 16.9 Å². The molecular formula is C30H30ClFN2O. The van der Waals surface area contributed by atoms with Gasteiger partial charge >= 0.3 is 0 Å². The first kappa shape index (κ1) is 24.9. The SMILES string of the molecule is Cl.O=C(CCCN1CCCc2c(cc(-c3ccccc3)n2-c2ccccc2)C1)c1ccc(F)cc1. The maximum atomic E-state index is 13.1. The number of aromatic nitrogens is 1. The third-order valence-corrected chi connectivity index (χ3v) is 6.60. The van der Waals surface area contributed by atoms with Crippen LogP contribution >= 0.6 is 12.4 Å². The first-order chi connectivity index (χ1) is 16.7. The van der Waals surface area contributed by atoms with Crippen molar-refractivity contribution in [2.75, 3.05) is 13.1 Å². The highest BCUT2D eigenvalue weighted by Crippen LogP contribution is 2.32. The van der Waals surface area contributed by atoms with Gasteiger partial charge in [-0.2, -0.15) is 0 Å². The Labute approximate surface area is 212 Å². The molecule has 180 valence electrons. The molecule has 1 aliphatic rings. The van der Waals surface area contributed by atoms with E-state index in [0.29, 0.717) is 12.0 Å². The molecule has 0 spiro atoms. The van der Waals surface area contributed by atoms with Crippen LogP contribution in [0, 0.1) is 5.82 Å². The largest absolute Gasteiger partial charge is 0.313 e. The van der Waals surface area contributed by atoms with Crippen LogP contribution in [0.15, 0.2) is 91.0 Å². The fourth-order valence-electron chi connectivity index (χ4n) is 4.93. The van der Waals surface area contributed by atoms with Gasteiger partial charge in [-0.25, -0.2) is 4.39 Å². The lowest BCUT2D eigenvalue weighted by Gasteiger charge is -2.19. The number of hydrogen-bond acceptors (Lipinski definition) is 2. The third kappa shape index (κ3) is 5.72. The topological polar surface area (TPSA) is 25.2 Å². The van der Waals surface area contributed by atoms with E-state index in [2.05, 4.69) is 76.2 Å². The van der Waals surface area contributed by atoms with E-state index in [4.69, 9.17) is 0 Å². The molecular weight excluding hydrogens is 459 g/mol. The maximum Gasteiger partial charge on any atom is 0.162 e. The molecule has 0 saturated carbocycles. The van der Waals surface area contributed by atoms with Crippen LogP contribution in [0.3, 0.4) is 0 Å². The number of rotatable bonds is 7. The number of para-hydroxylation sites is 1. The third-order valence-electron chi connectivity index (χ3n) is 6.60.